The molecule has 2 aliphatic heterocycles. The summed E-state index contributed by atoms with van der Waals surface area (Å²) in [5, 5.41) is 9.82. The smallest absolute Gasteiger partial charge is 0.244 e. The highest BCUT2D eigenvalue weighted by Gasteiger charge is 2.24. The van der Waals surface area contributed by atoms with E-state index in [2.05, 4.69) is 25.8 Å². The lowest BCUT2D eigenvalue weighted by molar-refractivity contribution is 0.122. The molecule has 3 heterocycles. The number of ether oxygens (including phenoxy) is 2. The Bertz CT molecular complexity index is 1390. The molecule has 3 aromatic rings. The van der Waals surface area contributed by atoms with Crippen LogP contribution in [-0.2, 0) is 21.2 Å². The van der Waals surface area contributed by atoms with Gasteiger partial charge in [0.15, 0.2) is 0 Å². The zero-order chi connectivity index (χ0) is 26.0. The van der Waals surface area contributed by atoms with Gasteiger partial charge in [-0.15, -0.1) is 0 Å². The van der Waals surface area contributed by atoms with Gasteiger partial charge in [0.1, 0.15) is 22.3 Å². The van der Waals surface area contributed by atoms with Crippen molar-refractivity contribution in [3.05, 3.63) is 48.0 Å². The van der Waals surface area contributed by atoms with Crippen LogP contribution < -0.4 is 25.6 Å². The number of anilines is 6. The van der Waals surface area contributed by atoms with Crippen molar-refractivity contribution in [1.82, 2.24) is 14.3 Å². The van der Waals surface area contributed by atoms with Crippen LogP contribution in [0.25, 0.3) is 0 Å². The highest BCUT2D eigenvalue weighted by molar-refractivity contribution is 7.89. The number of morpholine rings is 1. The maximum absolute atomic E-state index is 12.9. The number of nitrogens with zero attached hydrogens (tertiary/aromatic N) is 4. The molecular weight excluding hydrogens is 494 g/mol. The first-order valence-corrected chi connectivity index (χ1v) is 13.5. The summed E-state index contributed by atoms with van der Waals surface area (Å²) in [7, 11) is 0.998. The standard InChI is InChI=1S/C25H31N7O4S/c1-31(2)37(33,34)22-7-5-4-6-20(22)27-24-18-10-11-26-23(18)29-25(30-24)28-19-9-8-17(16-21(19)35-3)32-12-14-36-15-13-32/h4-9,16H,10-15H2,1-3H3,(H3,26,27,28,29,30). The summed E-state index contributed by atoms with van der Waals surface area (Å²) < 4.78 is 38.1. The van der Waals surface area contributed by atoms with Crippen molar-refractivity contribution in [3.63, 3.8) is 0 Å². The van der Waals surface area contributed by atoms with Crippen LogP contribution in [0.5, 0.6) is 5.75 Å². The quantitative estimate of drug-likeness (QED) is 0.405. The zero-order valence-corrected chi connectivity index (χ0v) is 21.9. The summed E-state index contributed by atoms with van der Waals surface area (Å²) in [6, 6.07) is 12.8. The maximum atomic E-state index is 12.9. The molecule has 11 nitrogen and oxygen atoms in total. The summed E-state index contributed by atoms with van der Waals surface area (Å²) in [4.78, 5) is 11.8. The van der Waals surface area contributed by atoms with Gasteiger partial charge in [-0.25, -0.2) is 12.7 Å². The van der Waals surface area contributed by atoms with Crippen LogP contribution in [0.15, 0.2) is 47.4 Å². The van der Waals surface area contributed by atoms with Gasteiger partial charge in [0.25, 0.3) is 0 Å². The molecule has 196 valence electrons. The third-order valence-electron chi connectivity index (χ3n) is 6.38. The monoisotopic (exact) mass is 525 g/mol. The van der Waals surface area contributed by atoms with Crippen LogP contribution in [0.2, 0.25) is 0 Å². The van der Waals surface area contributed by atoms with E-state index >= 15 is 0 Å². The number of rotatable bonds is 8. The summed E-state index contributed by atoms with van der Waals surface area (Å²) >= 11 is 0. The predicted octanol–water partition coefficient (Wildman–Crippen LogP) is 3.03. The molecule has 1 fully saturated rings. The molecule has 2 aliphatic rings. The number of benzene rings is 2. The van der Waals surface area contributed by atoms with E-state index in [0.29, 0.717) is 42.2 Å². The van der Waals surface area contributed by atoms with Crippen LogP contribution in [-0.4, -0.2) is 76.7 Å². The van der Waals surface area contributed by atoms with E-state index in [1.807, 2.05) is 18.2 Å². The SMILES string of the molecule is COc1cc(N2CCOCC2)ccc1Nc1nc2c(c(Nc3ccccc3S(=O)(=O)N(C)C)n1)CCN2. The number of aromatic nitrogens is 2. The van der Waals surface area contributed by atoms with Crippen molar-refractivity contribution in [1.29, 1.82) is 0 Å². The first-order chi connectivity index (χ1) is 17.9. The summed E-state index contributed by atoms with van der Waals surface area (Å²) in [6.07, 6.45) is 0.720. The second kappa shape index (κ2) is 10.4. The molecule has 0 bridgehead atoms. The molecule has 0 atom stereocenters. The van der Waals surface area contributed by atoms with Crippen molar-refractivity contribution >= 4 is 44.7 Å². The number of hydrogen-bond donors (Lipinski definition) is 3. The summed E-state index contributed by atoms with van der Waals surface area (Å²) in [5.41, 5.74) is 3.13. The Morgan fingerprint density at radius 2 is 1.84 bits per heavy atom. The van der Waals surface area contributed by atoms with Gasteiger partial charge in [0.2, 0.25) is 16.0 Å². The van der Waals surface area contributed by atoms with E-state index in [0.717, 1.165) is 43.0 Å². The number of methoxy groups -OCH3 is 1. The van der Waals surface area contributed by atoms with Gasteiger partial charge < -0.3 is 30.3 Å². The van der Waals surface area contributed by atoms with Gasteiger partial charge >= 0.3 is 0 Å². The number of nitrogens with one attached hydrogen (secondary N) is 3. The van der Waals surface area contributed by atoms with Crippen LogP contribution in [0.4, 0.5) is 34.6 Å². The van der Waals surface area contributed by atoms with E-state index < -0.39 is 10.0 Å². The molecule has 37 heavy (non-hydrogen) atoms. The van der Waals surface area contributed by atoms with Crippen molar-refractivity contribution in [2.24, 2.45) is 0 Å². The molecule has 0 radical (unpaired) electrons. The Balaban J connectivity index is 1.46. The second-order valence-corrected chi connectivity index (χ2v) is 11.0. The van der Waals surface area contributed by atoms with Crippen molar-refractivity contribution in [2.75, 3.05) is 74.9 Å². The van der Waals surface area contributed by atoms with Crippen LogP contribution in [0.3, 0.4) is 0 Å². The van der Waals surface area contributed by atoms with E-state index in [1.165, 1.54) is 18.4 Å². The van der Waals surface area contributed by atoms with Crippen LogP contribution >= 0.6 is 0 Å². The van der Waals surface area contributed by atoms with Gasteiger partial charge in [0, 0.05) is 51.0 Å². The number of para-hydroxylation sites is 1. The van der Waals surface area contributed by atoms with Gasteiger partial charge in [0.05, 0.1) is 31.7 Å². The molecule has 0 amide bonds. The van der Waals surface area contributed by atoms with Gasteiger partial charge in [-0.1, -0.05) is 12.1 Å². The second-order valence-electron chi connectivity index (χ2n) is 8.92. The normalized spacial score (nSPS) is 15.3. The average Bonchev–Trinajstić information content (AvgIpc) is 3.39. The topological polar surface area (TPSA) is 121 Å². The van der Waals surface area contributed by atoms with Crippen molar-refractivity contribution in [2.45, 2.75) is 11.3 Å². The third kappa shape index (κ3) is 5.13. The number of sulfonamides is 1. The van der Waals surface area contributed by atoms with E-state index in [9.17, 15) is 8.42 Å². The molecule has 2 aromatic carbocycles. The summed E-state index contributed by atoms with van der Waals surface area (Å²) in [5.74, 6) is 2.28. The first-order valence-electron chi connectivity index (χ1n) is 12.1. The maximum Gasteiger partial charge on any atom is 0.244 e. The van der Waals surface area contributed by atoms with Crippen LogP contribution in [0.1, 0.15) is 5.56 Å². The lowest BCUT2D eigenvalue weighted by atomic mass is 10.2. The lowest BCUT2D eigenvalue weighted by Crippen LogP contribution is -2.36. The lowest BCUT2D eigenvalue weighted by Gasteiger charge is -2.29. The van der Waals surface area contributed by atoms with Gasteiger partial charge in [-0.05, 0) is 30.7 Å². The molecule has 0 aliphatic carbocycles. The molecule has 0 unspecified atom stereocenters. The minimum Gasteiger partial charge on any atom is -0.494 e. The van der Waals surface area contributed by atoms with E-state index in [-0.39, 0.29) is 4.90 Å². The Morgan fingerprint density at radius 3 is 2.59 bits per heavy atom. The minimum atomic E-state index is -3.66. The highest BCUT2D eigenvalue weighted by Crippen LogP contribution is 2.35. The largest absolute Gasteiger partial charge is 0.494 e. The Kier molecular flexibility index (Phi) is 7.04. The van der Waals surface area contributed by atoms with Crippen molar-refractivity contribution < 1.29 is 17.9 Å². The Morgan fingerprint density at radius 1 is 1.05 bits per heavy atom. The van der Waals surface area contributed by atoms with Gasteiger partial charge in [-0.3, -0.25) is 0 Å². The molecule has 3 N–H and O–H groups in total. The molecule has 1 saturated heterocycles. The number of fused-ring (bicyclic) bond motifs is 1. The highest BCUT2D eigenvalue weighted by atomic mass is 32.2. The molecule has 0 spiro atoms. The summed E-state index contributed by atoms with van der Waals surface area (Å²) in [6.45, 7) is 3.78. The average molecular weight is 526 g/mol. The third-order valence-corrected chi connectivity index (χ3v) is 8.25. The molecule has 12 heteroatoms. The Hall–Kier alpha value is -3.61. The molecule has 1 aromatic heterocycles. The molecule has 0 saturated carbocycles. The fourth-order valence-electron chi connectivity index (χ4n) is 4.37. The molecule has 5 rings (SSSR count). The number of hydrogen-bond acceptors (Lipinski definition) is 10. The minimum absolute atomic E-state index is 0.174. The fraction of sp³-hybridized carbons (Fsp3) is 0.360. The predicted molar refractivity (Wildman–Crippen MR) is 144 cm³/mol. The first kappa shape index (κ1) is 25.1. The van der Waals surface area contributed by atoms with E-state index in [1.54, 1.807) is 31.4 Å². The fourth-order valence-corrected chi connectivity index (χ4v) is 5.41. The Labute approximate surface area is 216 Å². The van der Waals surface area contributed by atoms with Crippen LogP contribution in [0, 0.1) is 0 Å². The molecular formula is C25H31N7O4S. The van der Waals surface area contributed by atoms with Crippen molar-refractivity contribution in [3.8, 4) is 5.75 Å². The van der Waals surface area contributed by atoms with E-state index in [4.69, 9.17) is 14.5 Å². The zero-order valence-electron chi connectivity index (χ0n) is 21.1. The van der Waals surface area contributed by atoms with Gasteiger partial charge in [-0.2, -0.15) is 9.97 Å².